The molecule has 5 nitrogen and oxygen atoms in total. The van der Waals surface area contributed by atoms with Gasteiger partial charge in [-0.05, 0) is 29.9 Å². The highest BCUT2D eigenvalue weighted by Gasteiger charge is 2.51. The molecule has 1 aromatic heterocycles. The minimum Gasteiger partial charge on any atom is -0.508 e. The highest BCUT2D eigenvalue weighted by Crippen LogP contribution is 2.51. The van der Waals surface area contributed by atoms with Gasteiger partial charge in [-0.25, -0.2) is 0 Å². The predicted molar refractivity (Wildman–Crippen MR) is 85.7 cm³/mol. The van der Waals surface area contributed by atoms with E-state index in [1.165, 1.54) is 23.1 Å². The van der Waals surface area contributed by atoms with Crippen LogP contribution in [0.4, 0.5) is 0 Å². The number of fused-ring (bicyclic) bond motifs is 2. The second kappa shape index (κ2) is 4.94. The smallest absolute Gasteiger partial charge is 0.240 e. The van der Waals surface area contributed by atoms with Gasteiger partial charge in [-0.2, -0.15) is 0 Å². The third kappa shape index (κ3) is 2.02. The molecule has 0 saturated carbocycles. The van der Waals surface area contributed by atoms with E-state index in [9.17, 15) is 14.7 Å². The zero-order chi connectivity index (χ0) is 15.4. The van der Waals surface area contributed by atoms with Crippen LogP contribution in [0, 0.1) is 9.87 Å². The van der Waals surface area contributed by atoms with Crippen molar-refractivity contribution in [3.63, 3.8) is 0 Å². The first-order chi connectivity index (χ1) is 10.5. The molecule has 0 spiro atoms. The molecule has 0 radical (unpaired) electrons. The third-order valence-corrected chi connectivity index (χ3v) is 6.68. The van der Waals surface area contributed by atoms with Crippen LogP contribution in [0.25, 0.3) is 0 Å². The molecule has 1 aromatic carbocycles. The summed E-state index contributed by atoms with van der Waals surface area (Å²) in [6, 6.07) is 6.75. The van der Waals surface area contributed by atoms with Crippen LogP contribution in [0.1, 0.15) is 16.4 Å². The molecule has 0 bridgehead atoms. The third-order valence-electron chi connectivity index (χ3n) is 3.91. The average Bonchev–Trinajstić information content (AvgIpc) is 2.98. The van der Waals surface area contributed by atoms with Gasteiger partial charge in [-0.1, -0.05) is 23.9 Å². The molecule has 1 saturated heterocycles. The second-order valence-corrected chi connectivity index (χ2v) is 8.07. The van der Waals surface area contributed by atoms with Crippen molar-refractivity contribution in [1.82, 2.24) is 10.3 Å². The zero-order valence-electron chi connectivity index (χ0n) is 11.0. The fraction of sp³-hybridized carbons (Fsp3) is 0.214. The molecule has 8 heteroatoms. The van der Waals surface area contributed by atoms with Gasteiger partial charge in [-0.15, -0.1) is 11.3 Å². The maximum Gasteiger partial charge on any atom is 0.240 e. The van der Waals surface area contributed by atoms with E-state index in [0.29, 0.717) is 3.95 Å². The summed E-state index contributed by atoms with van der Waals surface area (Å²) in [6.45, 7) is 0. The molecule has 4 rings (SSSR count). The highest BCUT2D eigenvalue weighted by atomic mass is 32.2. The number of amides is 2. The van der Waals surface area contributed by atoms with E-state index in [0.717, 1.165) is 15.5 Å². The number of H-pyrrole nitrogens is 1. The number of thioether (sulfide) groups is 1. The molecule has 2 aromatic rings. The number of rotatable bonds is 1. The number of imide groups is 1. The van der Waals surface area contributed by atoms with Gasteiger partial charge in [0.15, 0.2) is 3.95 Å². The van der Waals surface area contributed by atoms with Crippen LogP contribution in [-0.2, 0) is 9.59 Å². The molecule has 2 amide bonds. The molecule has 2 aliphatic heterocycles. The molecular formula is C14H10N2O3S3. The Kier molecular flexibility index (Phi) is 3.14. The van der Waals surface area contributed by atoms with Crippen molar-refractivity contribution in [1.29, 1.82) is 0 Å². The predicted octanol–water partition coefficient (Wildman–Crippen LogP) is 2.39. The number of hydrogen-bond acceptors (Lipinski definition) is 6. The summed E-state index contributed by atoms with van der Waals surface area (Å²) in [5.74, 6) is -1.01. The molecular weight excluding hydrogens is 340 g/mol. The maximum absolute atomic E-state index is 12.3. The van der Waals surface area contributed by atoms with Gasteiger partial charge in [0, 0.05) is 10.8 Å². The van der Waals surface area contributed by atoms with Gasteiger partial charge in [0.25, 0.3) is 0 Å². The summed E-state index contributed by atoms with van der Waals surface area (Å²) in [4.78, 5) is 28.4. The molecule has 3 heterocycles. The first-order valence-corrected chi connectivity index (χ1v) is 8.68. The van der Waals surface area contributed by atoms with Crippen LogP contribution >= 0.6 is 35.3 Å². The summed E-state index contributed by atoms with van der Waals surface area (Å²) < 4.78 is 0.633. The Bertz CT molecular complexity index is 840. The van der Waals surface area contributed by atoms with Crippen LogP contribution in [0.5, 0.6) is 5.75 Å². The van der Waals surface area contributed by atoms with Gasteiger partial charge in [0.2, 0.25) is 11.8 Å². The molecule has 3 unspecified atom stereocenters. The Morgan fingerprint density at radius 2 is 1.86 bits per heavy atom. The SMILES string of the molecule is O=C1NC(=O)C2C1Sc1[nH]c(=S)sc1C2c1ccc(O)cc1. The fourth-order valence-corrected chi connectivity index (χ4v) is 5.91. The highest BCUT2D eigenvalue weighted by molar-refractivity contribution is 8.00. The van der Waals surface area contributed by atoms with Gasteiger partial charge >= 0.3 is 0 Å². The number of carbonyl (C=O) groups excluding carboxylic acids is 2. The van der Waals surface area contributed by atoms with Crippen molar-refractivity contribution < 1.29 is 14.7 Å². The minimum atomic E-state index is -0.448. The number of carbonyl (C=O) groups is 2. The Balaban J connectivity index is 1.91. The van der Waals surface area contributed by atoms with E-state index in [-0.39, 0.29) is 23.5 Å². The summed E-state index contributed by atoms with van der Waals surface area (Å²) in [5, 5.41) is 12.3. The van der Waals surface area contributed by atoms with Crippen molar-refractivity contribution in [3.05, 3.63) is 38.7 Å². The van der Waals surface area contributed by atoms with E-state index < -0.39 is 11.2 Å². The van der Waals surface area contributed by atoms with E-state index in [1.807, 2.05) is 0 Å². The summed E-state index contributed by atoms with van der Waals surface area (Å²) in [6.07, 6.45) is 0. The van der Waals surface area contributed by atoms with Crippen molar-refractivity contribution in [2.45, 2.75) is 16.2 Å². The number of hydrogen-bond donors (Lipinski definition) is 3. The minimum absolute atomic E-state index is 0.166. The second-order valence-electron chi connectivity index (χ2n) is 5.19. The lowest BCUT2D eigenvalue weighted by Crippen LogP contribution is -2.31. The number of aromatic hydroxyl groups is 1. The lowest BCUT2D eigenvalue weighted by Gasteiger charge is -2.29. The average molecular weight is 350 g/mol. The number of phenolic OH excluding ortho intramolecular Hbond substituents is 1. The molecule has 1 fully saturated rings. The Hall–Kier alpha value is -1.64. The largest absolute Gasteiger partial charge is 0.508 e. The first kappa shape index (κ1) is 14.0. The number of phenols is 1. The first-order valence-electron chi connectivity index (χ1n) is 6.58. The van der Waals surface area contributed by atoms with E-state index in [2.05, 4.69) is 10.3 Å². The normalized spacial score (nSPS) is 26.5. The molecule has 22 heavy (non-hydrogen) atoms. The topological polar surface area (TPSA) is 82.2 Å². The van der Waals surface area contributed by atoms with Gasteiger partial charge < -0.3 is 10.1 Å². The number of thiazole rings is 1. The zero-order valence-corrected chi connectivity index (χ0v) is 13.5. The van der Waals surface area contributed by atoms with Crippen molar-refractivity contribution in [2.75, 3.05) is 0 Å². The quantitative estimate of drug-likeness (QED) is 0.543. The van der Waals surface area contributed by atoms with Crippen LogP contribution in [0.15, 0.2) is 29.3 Å². The summed E-state index contributed by atoms with van der Waals surface area (Å²) in [5.41, 5.74) is 0.893. The molecule has 3 atom stereocenters. The number of nitrogens with one attached hydrogen (secondary N) is 2. The van der Waals surface area contributed by atoms with Crippen LogP contribution < -0.4 is 5.32 Å². The van der Waals surface area contributed by atoms with Crippen molar-refractivity contribution in [2.24, 2.45) is 5.92 Å². The summed E-state index contributed by atoms with van der Waals surface area (Å²) >= 11 is 8.02. The number of aromatic amines is 1. The van der Waals surface area contributed by atoms with Gasteiger partial charge in [-0.3, -0.25) is 14.9 Å². The Morgan fingerprint density at radius 1 is 1.14 bits per heavy atom. The summed E-state index contributed by atoms with van der Waals surface area (Å²) in [7, 11) is 0. The van der Waals surface area contributed by atoms with Crippen LogP contribution in [0.2, 0.25) is 0 Å². The number of benzene rings is 1. The van der Waals surface area contributed by atoms with Crippen LogP contribution in [-0.4, -0.2) is 27.2 Å². The standard InChI is InChI=1S/C14H10N2O3S3/c17-6-3-1-5(2-4-6)7-8-9(12(19)15-11(8)18)21-13-10(7)22-14(20)16-13/h1-4,7-9,17H,(H,16,20)(H,15,18,19). The lowest BCUT2D eigenvalue weighted by atomic mass is 9.83. The van der Waals surface area contributed by atoms with Crippen molar-refractivity contribution in [3.8, 4) is 5.75 Å². The number of aromatic nitrogens is 1. The van der Waals surface area contributed by atoms with Crippen molar-refractivity contribution >= 4 is 47.1 Å². The molecule has 0 aliphatic carbocycles. The fourth-order valence-electron chi connectivity index (χ4n) is 2.98. The molecule has 112 valence electrons. The maximum atomic E-state index is 12.3. The van der Waals surface area contributed by atoms with Gasteiger partial charge in [0.05, 0.1) is 10.9 Å². The molecule has 3 N–H and O–H groups in total. The van der Waals surface area contributed by atoms with E-state index in [1.54, 1.807) is 24.3 Å². The Morgan fingerprint density at radius 3 is 2.59 bits per heavy atom. The Labute approximate surface area is 138 Å². The van der Waals surface area contributed by atoms with Gasteiger partial charge in [0.1, 0.15) is 11.0 Å². The lowest BCUT2D eigenvalue weighted by molar-refractivity contribution is -0.125. The van der Waals surface area contributed by atoms with Crippen LogP contribution in [0.3, 0.4) is 0 Å². The van der Waals surface area contributed by atoms with E-state index >= 15 is 0 Å². The molecule has 2 aliphatic rings. The van der Waals surface area contributed by atoms with E-state index in [4.69, 9.17) is 12.2 Å². The monoisotopic (exact) mass is 350 g/mol.